The van der Waals surface area contributed by atoms with Gasteiger partial charge in [0.2, 0.25) is 5.91 Å². The maximum atomic E-state index is 13.9. The van der Waals surface area contributed by atoms with Crippen LogP contribution in [0, 0.1) is 0 Å². The number of nitrogens with one attached hydrogen (secondary N) is 1. The van der Waals surface area contributed by atoms with Crippen LogP contribution in [0.4, 0.5) is 0 Å². The number of methoxy groups -OCH3 is 1. The Morgan fingerprint density at radius 2 is 1.61 bits per heavy atom. The highest BCUT2D eigenvalue weighted by Gasteiger charge is 2.45. The van der Waals surface area contributed by atoms with E-state index < -0.39 is 5.41 Å². The summed E-state index contributed by atoms with van der Waals surface area (Å²) >= 11 is 0. The van der Waals surface area contributed by atoms with Crippen molar-refractivity contribution in [3.8, 4) is 5.75 Å². The monoisotopic (exact) mass is 486 g/mol. The number of carbonyl (C=O) groups is 1. The molecule has 1 aliphatic carbocycles. The van der Waals surface area contributed by atoms with Gasteiger partial charge >= 0.3 is 0 Å². The Bertz CT molecular complexity index is 1140. The van der Waals surface area contributed by atoms with E-state index >= 15 is 0 Å². The summed E-state index contributed by atoms with van der Waals surface area (Å²) in [6, 6.07) is 25.8. The minimum atomic E-state index is -0.823. The van der Waals surface area contributed by atoms with Crippen LogP contribution >= 0.6 is 0 Å². The molecule has 4 rings (SSSR count). The van der Waals surface area contributed by atoms with Gasteiger partial charge in [0.1, 0.15) is 11.2 Å². The van der Waals surface area contributed by atoms with Crippen LogP contribution in [0.5, 0.6) is 5.75 Å². The maximum absolute atomic E-state index is 13.9. The molecule has 0 aromatic heterocycles. The summed E-state index contributed by atoms with van der Waals surface area (Å²) in [5.41, 5.74) is 3.21. The Morgan fingerprint density at radius 1 is 1.03 bits per heavy atom. The van der Waals surface area contributed by atoms with Crippen LogP contribution in [-0.4, -0.2) is 55.8 Å². The van der Waals surface area contributed by atoms with Crippen LogP contribution in [0.25, 0.3) is 0 Å². The van der Waals surface area contributed by atoms with Crippen LogP contribution in [0.15, 0.2) is 78.9 Å². The summed E-state index contributed by atoms with van der Waals surface area (Å²) in [5.74, 6) is 0.336. The molecule has 2 N–H and O–H groups in total. The first kappa shape index (κ1) is 25.9. The molecule has 0 saturated carbocycles. The predicted molar refractivity (Wildman–Crippen MR) is 144 cm³/mol. The van der Waals surface area contributed by atoms with Gasteiger partial charge in [0.05, 0.1) is 6.10 Å². The van der Waals surface area contributed by atoms with E-state index in [9.17, 15) is 9.90 Å². The molecule has 1 amide bonds. The van der Waals surface area contributed by atoms with Crippen molar-refractivity contribution in [2.45, 2.75) is 49.7 Å². The Morgan fingerprint density at radius 3 is 2.14 bits per heavy atom. The van der Waals surface area contributed by atoms with Gasteiger partial charge < -0.3 is 20.1 Å². The van der Waals surface area contributed by atoms with Gasteiger partial charge in [-0.25, -0.2) is 0 Å². The summed E-state index contributed by atoms with van der Waals surface area (Å²) in [6.45, 7) is 5.01. The number of carbonyl (C=O) groups excluding carboxylic acids is 1. The first-order valence-electron chi connectivity index (χ1n) is 12.6. The van der Waals surface area contributed by atoms with Crippen molar-refractivity contribution >= 4 is 5.91 Å². The number of rotatable bonds is 8. The highest BCUT2D eigenvalue weighted by Crippen LogP contribution is 2.41. The molecule has 0 spiro atoms. The number of fused-ring (bicyclic) bond motifs is 1. The van der Waals surface area contributed by atoms with Gasteiger partial charge in [0.25, 0.3) is 0 Å². The minimum absolute atomic E-state index is 0.00973. The van der Waals surface area contributed by atoms with E-state index in [4.69, 9.17) is 4.74 Å². The lowest BCUT2D eigenvalue weighted by Gasteiger charge is -2.46. The summed E-state index contributed by atoms with van der Waals surface area (Å²) in [7, 11) is 5.41. The number of ether oxygens (including phenoxy) is 1. The van der Waals surface area contributed by atoms with Gasteiger partial charge in [-0.05, 0) is 47.4 Å². The molecular formula is C31H38N2O3. The smallest absolute Gasteiger partial charge is 0.237 e. The molecule has 1 aliphatic rings. The topological polar surface area (TPSA) is 61.8 Å². The van der Waals surface area contributed by atoms with E-state index in [1.54, 1.807) is 18.1 Å². The number of likely N-dealkylation sites (N-methyl/N-ethyl adjacent to an activating group) is 1. The Kier molecular flexibility index (Phi) is 7.53. The molecule has 0 saturated heterocycles. The van der Waals surface area contributed by atoms with Crippen molar-refractivity contribution in [1.29, 1.82) is 0 Å². The zero-order valence-electron chi connectivity index (χ0n) is 22.0. The average molecular weight is 487 g/mol. The molecule has 0 fully saturated rings. The molecule has 0 radical (unpaired) electrons. The van der Waals surface area contributed by atoms with E-state index in [1.807, 2.05) is 62.6 Å². The first-order chi connectivity index (χ1) is 17.2. The molecule has 3 aromatic carbocycles. The molecule has 0 heterocycles. The molecule has 2 atom stereocenters. The number of nitrogens with zero attached hydrogens (tertiary/aromatic N) is 1. The van der Waals surface area contributed by atoms with Crippen LogP contribution in [0.1, 0.15) is 42.5 Å². The fourth-order valence-corrected chi connectivity index (χ4v) is 5.97. The van der Waals surface area contributed by atoms with Crippen molar-refractivity contribution in [2.24, 2.45) is 0 Å². The second-order valence-corrected chi connectivity index (χ2v) is 10.6. The molecule has 3 aromatic rings. The van der Waals surface area contributed by atoms with Crippen LogP contribution in [0.2, 0.25) is 0 Å². The summed E-state index contributed by atoms with van der Waals surface area (Å²) in [4.78, 5) is 15.6. The van der Waals surface area contributed by atoms with Crippen molar-refractivity contribution < 1.29 is 14.6 Å². The zero-order chi connectivity index (χ0) is 25.9. The largest absolute Gasteiger partial charge is 0.508 e. The van der Waals surface area contributed by atoms with E-state index in [0.717, 1.165) is 23.1 Å². The minimum Gasteiger partial charge on any atom is -0.508 e. The molecule has 0 unspecified atom stereocenters. The third kappa shape index (κ3) is 4.65. The van der Waals surface area contributed by atoms with Crippen molar-refractivity contribution in [1.82, 2.24) is 10.2 Å². The quantitative estimate of drug-likeness (QED) is 0.486. The molecule has 5 heteroatoms. The lowest BCUT2D eigenvalue weighted by atomic mass is 9.67. The van der Waals surface area contributed by atoms with E-state index in [1.165, 1.54) is 5.56 Å². The van der Waals surface area contributed by atoms with E-state index in [-0.39, 0.29) is 29.2 Å². The lowest BCUT2D eigenvalue weighted by molar-refractivity contribution is -0.133. The molecule has 36 heavy (non-hydrogen) atoms. The van der Waals surface area contributed by atoms with Gasteiger partial charge in [-0.1, -0.05) is 80.6 Å². The Labute approximate surface area is 215 Å². The van der Waals surface area contributed by atoms with Crippen LogP contribution < -0.4 is 5.32 Å². The molecule has 190 valence electrons. The third-order valence-electron chi connectivity index (χ3n) is 7.83. The Balaban J connectivity index is 1.70. The molecule has 5 nitrogen and oxygen atoms in total. The average Bonchev–Trinajstić information content (AvgIpc) is 2.88. The number of phenols is 1. The first-order valence-corrected chi connectivity index (χ1v) is 12.6. The Hall–Kier alpha value is -3.15. The summed E-state index contributed by atoms with van der Waals surface area (Å²) < 4.78 is 5.96. The normalized spacial score (nSPS) is 18.9. The SMILES string of the molecule is CO[C@H]1Cc2ccc(O)cc2C(C)(C)[C@@H]1NCCC(C(=O)N(C)C)(c1ccccc1)c1ccccc1. The standard InChI is InChI=1S/C31H38N2O3/c1-30(2)26-21-25(34)17-16-22(26)20-27(36-5)28(30)32-19-18-31(29(35)33(3)4,23-12-8-6-9-13-23)24-14-10-7-11-15-24/h6-17,21,27-28,32,34H,18-20H2,1-5H3/t27-,28+/m0/s1. The number of aromatic hydroxyl groups is 1. The number of hydrogen-bond donors (Lipinski definition) is 2. The van der Waals surface area contributed by atoms with Crippen LogP contribution in [0.3, 0.4) is 0 Å². The number of hydrogen-bond acceptors (Lipinski definition) is 4. The van der Waals surface area contributed by atoms with Gasteiger partial charge in [-0.3, -0.25) is 4.79 Å². The van der Waals surface area contributed by atoms with Gasteiger partial charge in [-0.15, -0.1) is 0 Å². The molecule has 0 bridgehead atoms. The fraction of sp³-hybridized carbons (Fsp3) is 0.387. The third-order valence-corrected chi connectivity index (χ3v) is 7.83. The second-order valence-electron chi connectivity index (χ2n) is 10.6. The molecule has 0 aliphatic heterocycles. The van der Waals surface area contributed by atoms with Crippen LogP contribution in [-0.2, 0) is 26.8 Å². The zero-order valence-corrected chi connectivity index (χ0v) is 22.0. The summed E-state index contributed by atoms with van der Waals surface area (Å²) in [5, 5.41) is 14.0. The predicted octanol–water partition coefficient (Wildman–Crippen LogP) is 4.66. The highest BCUT2D eigenvalue weighted by molar-refractivity contribution is 5.92. The number of benzene rings is 3. The maximum Gasteiger partial charge on any atom is 0.237 e. The van der Waals surface area contributed by atoms with Crippen molar-refractivity contribution in [2.75, 3.05) is 27.7 Å². The molecular weight excluding hydrogens is 448 g/mol. The number of phenolic OH excluding ortho intramolecular Hbond substituents is 1. The second kappa shape index (κ2) is 10.5. The fourth-order valence-electron chi connectivity index (χ4n) is 5.97. The van der Waals surface area contributed by atoms with E-state index in [0.29, 0.717) is 13.0 Å². The van der Waals surface area contributed by atoms with Gasteiger partial charge in [-0.2, -0.15) is 0 Å². The number of amides is 1. The van der Waals surface area contributed by atoms with E-state index in [2.05, 4.69) is 43.4 Å². The van der Waals surface area contributed by atoms with Crippen molar-refractivity contribution in [3.05, 3.63) is 101 Å². The summed E-state index contributed by atoms with van der Waals surface area (Å²) in [6.07, 6.45) is 1.34. The van der Waals surface area contributed by atoms with Crippen molar-refractivity contribution in [3.63, 3.8) is 0 Å². The van der Waals surface area contributed by atoms with Gasteiger partial charge in [0.15, 0.2) is 0 Å². The van der Waals surface area contributed by atoms with Gasteiger partial charge in [0, 0.05) is 39.1 Å². The lowest BCUT2D eigenvalue weighted by Crippen LogP contribution is -2.57. The highest BCUT2D eigenvalue weighted by atomic mass is 16.5.